The summed E-state index contributed by atoms with van der Waals surface area (Å²) in [6.07, 6.45) is 6.22. The molecule has 23 heavy (non-hydrogen) atoms. The Morgan fingerprint density at radius 3 is 2.70 bits per heavy atom. The molecule has 0 radical (unpaired) electrons. The van der Waals surface area contributed by atoms with E-state index >= 15 is 0 Å². The summed E-state index contributed by atoms with van der Waals surface area (Å²) in [7, 11) is 0. The van der Waals surface area contributed by atoms with Crippen LogP contribution in [0, 0.1) is 12.8 Å². The molecule has 1 heterocycles. The maximum atomic E-state index is 11.8. The Kier molecular flexibility index (Phi) is 5.85. The molecular formula is C18H29N3O2. The number of nitrogens with zero attached hydrogens (tertiary/aromatic N) is 1. The molecule has 2 N–H and O–H groups in total. The molecule has 5 heteroatoms. The van der Waals surface area contributed by atoms with E-state index < -0.39 is 5.60 Å². The van der Waals surface area contributed by atoms with Crippen molar-refractivity contribution in [2.24, 2.45) is 5.92 Å². The summed E-state index contributed by atoms with van der Waals surface area (Å²) in [6.45, 7) is 8.26. The SMILES string of the molecule is Cc1ccc(NC2CCCCC2CNC(=O)OC(C)(C)C)cn1. The number of nitrogens with one attached hydrogen (secondary N) is 2. The molecule has 2 unspecified atom stereocenters. The van der Waals surface area contributed by atoms with E-state index in [4.69, 9.17) is 4.74 Å². The predicted molar refractivity (Wildman–Crippen MR) is 92.6 cm³/mol. The van der Waals surface area contributed by atoms with Crippen LogP contribution in [0.1, 0.15) is 52.1 Å². The van der Waals surface area contributed by atoms with E-state index in [0.29, 0.717) is 18.5 Å². The van der Waals surface area contributed by atoms with Crippen molar-refractivity contribution in [2.75, 3.05) is 11.9 Å². The van der Waals surface area contributed by atoms with Gasteiger partial charge in [-0.3, -0.25) is 4.98 Å². The summed E-state index contributed by atoms with van der Waals surface area (Å²) in [5, 5.41) is 6.49. The number of ether oxygens (including phenoxy) is 1. The molecule has 1 amide bonds. The van der Waals surface area contributed by atoms with E-state index in [9.17, 15) is 4.79 Å². The summed E-state index contributed by atoms with van der Waals surface area (Å²) in [6, 6.07) is 4.44. The van der Waals surface area contributed by atoms with Crippen LogP contribution in [0.5, 0.6) is 0 Å². The van der Waals surface area contributed by atoms with Crippen LogP contribution in [-0.2, 0) is 4.74 Å². The van der Waals surface area contributed by atoms with E-state index in [1.54, 1.807) is 0 Å². The molecule has 0 bridgehead atoms. The first-order valence-corrected chi connectivity index (χ1v) is 8.49. The van der Waals surface area contributed by atoms with Gasteiger partial charge in [-0.15, -0.1) is 0 Å². The highest BCUT2D eigenvalue weighted by Crippen LogP contribution is 2.27. The summed E-state index contributed by atoms with van der Waals surface area (Å²) < 4.78 is 5.32. The van der Waals surface area contributed by atoms with Crippen molar-refractivity contribution in [3.63, 3.8) is 0 Å². The van der Waals surface area contributed by atoms with Gasteiger partial charge in [0, 0.05) is 18.3 Å². The van der Waals surface area contributed by atoms with Crippen molar-refractivity contribution >= 4 is 11.8 Å². The van der Waals surface area contributed by atoms with Gasteiger partial charge in [0.05, 0.1) is 11.9 Å². The van der Waals surface area contributed by atoms with Crippen LogP contribution < -0.4 is 10.6 Å². The lowest BCUT2D eigenvalue weighted by Crippen LogP contribution is -2.42. The topological polar surface area (TPSA) is 63.2 Å². The highest BCUT2D eigenvalue weighted by atomic mass is 16.6. The van der Waals surface area contributed by atoms with Crippen molar-refractivity contribution in [3.8, 4) is 0 Å². The molecule has 1 aliphatic rings. The third-order valence-electron chi connectivity index (χ3n) is 4.08. The number of rotatable bonds is 4. The molecule has 2 atom stereocenters. The second kappa shape index (κ2) is 7.66. The number of carbonyl (C=O) groups is 1. The number of aromatic nitrogens is 1. The first-order valence-electron chi connectivity index (χ1n) is 8.49. The third kappa shape index (κ3) is 6.08. The monoisotopic (exact) mass is 319 g/mol. The second-order valence-electron chi connectivity index (χ2n) is 7.37. The van der Waals surface area contributed by atoms with E-state index in [0.717, 1.165) is 24.2 Å². The van der Waals surface area contributed by atoms with Crippen molar-refractivity contribution in [1.29, 1.82) is 0 Å². The zero-order valence-electron chi connectivity index (χ0n) is 14.7. The molecule has 2 rings (SSSR count). The highest BCUT2D eigenvalue weighted by Gasteiger charge is 2.26. The lowest BCUT2D eigenvalue weighted by Gasteiger charge is -2.33. The second-order valence-corrected chi connectivity index (χ2v) is 7.37. The van der Waals surface area contributed by atoms with Crippen LogP contribution >= 0.6 is 0 Å². The van der Waals surface area contributed by atoms with Crippen LogP contribution in [0.4, 0.5) is 10.5 Å². The van der Waals surface area contributed by atoms with Crippen molar-refractivity contribution in [2.45, 2.75) is 65.0 Å². The molecule has 1 aromatic heterocycles. The van der Waals surface area contributed by atoms with Crippen LogP contribution in [0.3, 0.4) is 0 Å². The number of anilines is 1. The average molecular weight is 319 g/mol. The Bertz CT molecular complexity index is 508. The standard InChI is InChI=1S/C18H29N3O2/c1-13-9-10-15(12-19-13)21-16-8-6-5-7-14(16)11-20-17(22)23-18(2,3)4/h9-10,12,14,16,21H,5-8,11H2,1-4H3,(H,20,22). The molecule has 0 spiro atoms. The van der Waals surface area contributed by atoms with Crippen molar-refractivity contribution in [1.82, 2.24) is 10.3 Å². The number of hydrogen-bond donors (Lipinski definition) is 2. The summed E-state index contributed by atoms with van der Waals surface area (Å²) in [5.74, 6) is 0.414. The fourth-order valence-corrected chi connectivity index (χ4v) is 2.94. The number of alkyl carbamates (subject to hydrolysis) is 1. The van der Waals surface area contributed by atoms with Gasteiger partial charge in [0.25, 0.3) is 0 Å². The molecule has 1 saturated carbocycles. The molecule has 0 saturated heterocycles. The van der Waals surface area contributed by atoms with Crippen LogP contribution in [0.2, 0.25) is 0 Å². The van der Waals surface area contributed by atoms with Gasteiger partial charge in [0.15, 0.2) is 0 Å². The largest absolute Gasteiger partial charge is 0.444 e. The van der Waals surface area contributed by atoms with E-state index in [1.165, 1.54) is 12.8 Å². The normalized spacial score (nSPS) is 21.6. The minimum absolute atomic E-state index is 0.334. The minimum Gasteiger partial charge on any atom is -0.444 e. The first kappa shape index (κ1) is 17.6. The summed E-state index contributed by atoms with van der Waals surface area (Å²) in [4.78, 5) is 16.2. The number of aryl methyl sites for hydroxylation is 1. The Hall–Kier alpha value is -1.78. The zero-order valence-corrected chi connectivity index (χ0v) is 14.7. The van der Waals surface area contributed by atoms with Crippen molar-refractivity contribution < 1.29 is 9.53 Å². The van der Waals surface area contributed by atoms with Gasteiger partial charge in [-0.25, -0.2) is 4.79 Å². The fourth-order valence-electron chi connectivity index (χ4n) is 2.94. The molecule has 128 valence electrons. The summed E-state index contributed by atoms with van der Waals surface area (Å²) in [5.41, 5.74) is 1.61. The number of hydrogen-bond acceptors (Lipinski definition) is 4. The van der Waals surface area contributed by atoms with E-state index in [-0.39, 0.29) is 6.09 Å². The lowest BCUT2D eigenvalue weighted by atomic mass is 9.84. The smallest absolute Gasteiger partial charge is 0.407 e. The van der Waals surface area contributed by atoms with Crippen LogP contribution in [0.15, 0.2) is 18.3 Å². The van der Waals surface area contributed by atoms with Gasteiger partial charge in [-0.1, -0.05) is 12.8 Å². The number of carbonyl (C=O) groups excluding carboxylic acids is 1. The quantitative estimate of drug-likeness (QED) is 0.884. The maximum Gasteiger partial charge on any atom is 0.407 e. The molecule has 1 fully saturated rings. The van der Waals surface area contributed by atoms with Gasteiger partial charge in [-0.2, -0.15) is 0 Å². The number of amides is 1. The van der Waals surface area contributed by atoms with Gasteiger partial charge >= 0.3 is 6.09 Å². The van der Waals surface area contributed by atoms with Gasteiger partial charge in [0.1, 0.15) is 5.60 Å². The van der Waals surface area contributed by atoms with E-state index in [2.05, 4.69) is 21.7 Å². The molecule has 1 aliphatic carbocycles. The van der Waals surface area contributed by atoms with E-state index in [1.807, 2.05) is 40.0 Å². The fraction of sp³-hybridized carbons (Fsp3) is 0.667. The Balaban J connectivity index is 1.88. The minimum atomic E-state index is -0.456. The Morgan fingerprint density at radius 2 is 2.04 bits per heavy atom. The van der Waals surface area contributed by atoms with Crippen molar-refractivity contribution in [3.05, 3.63) is 24.0 Å². The van der Waals surface area contributed by atoms with Crippen LogP contribution in [-0.4, -0.2) is 29.3 Å². The maximum absolute atomic E-state index is 11.8. The van der Waals surface area contributed by atoms with Gasteiger partial charge in [0.2, 0.25) is 0 Å². The molecular weight excluding hydrogens is 290 g/mol. The third-order valence-corrected chi connectivity index (χ3v) is 4.08. The van der Waals surface area contributed by atoms with Gasteiger partial charge < -0.3 is 15.4 Å². The predicted octanol–water partition coefficient (Wildman–Crippen LogP) is 3.89. The Morgan fingerprint density at radius 1 is 1.30 bits per heavy atom. The molecule has 0 aromatic carbocycles. The van der Waals surface area contributed by atoms with Crippen LogP contribution in [0.25, 0.3) is 0 Å². The average Bonchev–Trinajstić information content (AvgIpc) is 2.47. The summed E-state index contributed by atoms with van der Waals surface area (Å²) >= 11 is 0. The Labute approximate surface area is 139 Å². The first-order chi connectivity index (χ1) is 10.8. The zero-order chi connectivity index (χ0) is 16.9. The number of pyridine rings is 1. The molecule has 0 aliphatic heterocycles. The highest BCUT2D eigenvalue weighted by molar-refractivity contribution is 5.67. The molecule has 5 nitrogen and oxygen atoms in total. The lowest BCUT2D eigenvalue weighted by molar-refractivity contribution is 0.0514. The van der Waals surface area contributed by atoms with Gasteiger partial charge in [-0.05, 0) is 58.6 Å². The molecule has 1 aromatic rings.